The predicted octanol–water partition coefficient (Wildman–Crippen LogP) is 3.12. The molecule has 0 spiro atoms. The van der Waals surface area contributed by atoms with E-state index in [4.69, 9.17) is 0 Å². The summed E-state index contributed by atoms with van der Waals surface area (Å²) < 4.78 is 0. The fraction of sp³-hybridized carbons (Fsp3) is 0.667. The number of aryl methyl sites for hydroxylation is 1. The van der Waals surface area contributed by atoms with Crippen LogP contribution in [0.2, 0.25) is 0 Å². The maximum atomic E-state index is 4.50. The van der Waals surface area contributed by atoms with Gasteiger partial charge in [0.2, 0.25) is 0 Å². The molecule has 1 unspecified atom stereocenters. The van der Waals surface area contributed by atoms with Gasteiger partial charge in [0, 0.05) is 23.7 Å². The van der Waals surface area contributed by atoms with Crippen molar-refractivity contribution in [1.29, 1.82) is 0 Å². The molecular weight excluding hydrogens is 186 g/mol. The van der Waals surface area contributed by atoms with Crippen molar-refractivity contribution < 1.29 is 0 Å². The first-order valence-electron chi connectivity index (χ1n) is 5.65. The van der Waals surface area contributed by atoms with Gasteiger partial charge in [0.1, 0.15) is 11.6 Å². The third-order valence-corrected chi connectivity index (χ3v) is 2.39. The molecular formula is C12H21N3. The third kappa shape index (κ3) is 3.50. The lowest BCUT2D eigenvalue weighted by atomic mass is 10.2. The highest BCUT2D eigenvalue weighted by Gasteiger charge is 2.07. The Bertz CT molecular complexity index is 321. The zero-order chi connectivity index (χ0) is 11.4. The lowest BCUT2D eigenvalue weighted by Gasteiger charge is -2.14. The quantitative estimate of drug-likeness (QED) is 0.824. The zero-order valence-electron chi connectivity index (χ0n) is 10.3. The van der Waals surface area contributed by atoms with Crippen molar-refractivity contribution >= 4 is 5.82 Å². The summed E-state index contributed by atoms with van der Waals surface area (Å²) in [4.78, 5) is 8.91. The molecule has 0 amide bonds. The van der Waals surface area contributed by atoms with E-state index in [1.807, 2.05) is 13.0 Å². The van der Waals surface area contributed by atoms with Crippen LogP contribution in [0, 0.1) is 6.92 Å². The van der Waals surface area contributed by atoms with E-state index in [1.165, 1.54) is 0 Å². The summed E-state index contributed by atoms with van der Waals surface area (Å²) in [5.74, 6) is 2.24. The Kier molecular flexibility index (Phi) is 4.06. The molecule has 15 heavy (non-hydrogen) atoms. The van der Waals surface area contributed by atoms with Crippen molar-refractivity contribution in [2.45, 2.75) is 53.0 Å². The molecule has 1 aromatic heterocycles. The van der Waals surface area contributed by atoms with Gasteiger partial charge in [0.05, 0.1) is 0 Å². The predicted molar refractivity (Wildman–Crippen MR) is 64.2 cm³/mol. The average Bonchev–Trinajstić information content (AvgIpc) is 2.16. The summed E-state index contributed by atoms with van der Waals surface area (Å²) in [6.07, 6.45) is 1.10. The molecule has 0 aliphatic rings. The first kappa shape index (κ1) is 12.0. The molecule has 0 saturated heterocycles. The second-order valence-electron chi connectivity index (χ2n) is 4.36. The molecule has 0 radical (unpaired) electrons. The number of aromatic nitrogens is 2. The molecule has 3 nitrogen and oxygen atoms in total. The SMILES string of the molecule is CCC(C)Nc1cc(C)nc(C(C)C)n1. The summed E-state index contributed by atoms with van der Waals surface area (Å²) in [5.41, 5.74) is 1.03. The standard InChI is InChI=1S/C12H21N3/c1-6-9(4)13-11-7-10(5)14-12(15-11)8(2)3/h7-9H,6H2,1-5H3,(H,13,14,15). The minimum Gasteiger partial charge on any atom is -0.368 e. The number of nitrogens with one attached hydrogen (secondary N) is 1. The lowest BCUT2D eigenvalue weighted by molar-refractivity contribution is 0.737. The fourth-order valence-corrected chi connectivity index (χ4v) is 1.28. The minimum absolute atomic E-state index is 0.377. The normalized spacial score (nSPS) is 12.9. The van der Waals surface area contributed by atoms with Gasteiger partial charge < -0.3 is 5.32 Å². The van der Waals surface area contributed by atoms with E-state index in [2.05, 4.69) is 43.0 Å². The van der Waals surface area contributed by atoms with Gasteiger partial charge in [-0.25, -0.2) is 9.97 Å². The molecule has 0 bridgehead atoms. The first-order chi connectivity index (χ1) is 7.02. The summed E-state index contributed by atoms with van der Waals surface area (Å²) >= 11 is 0. The number of hydrogen-bond donors (Lipinski definition) is 1. The largest absolute Gasteiger partial charge is 0.368 e. The Labute approximate surface area is 92.3 Å². The van der Waals surface area contributed by atoms with Crippen LogP contribution in [0.5, 0.6) is 0 Å². The lowest BCUT2D eigenvalue weighted by Crippen LogP contribution is -2.15. The van der Waals surface area contributed by atoms with E-state index in [0.29, 0.717) is 12.0 Å². The highest BCUT2D eigenvalue weighted by molar-refractivity contribution is 5.37. The summed E-state index contributed by atoms with van der Waals surface area (Å²) in [7, 11) is 0. The van der Waals surface area contributed by atoms with Gasteiger partial charge in [0.25, 0.3) is 0 Å². The second kappa shape index (κ2) is 5.10. The second-order valence-corrected chi connectivity index (χ2v) is 4.36. The van der Waals surface area contributed by atoms with Crippen LogP contribution in [0.3, 0.4) is 0 Å². The topological polar surface area (TPSA) is 37.8 Å². The van der Waals surface area contributed by atoms with Crippen LogP contribution in [0.15, 0.2) is 6.07 Å². The van der Waals surface area contributed by atoms with Crippen LogP contribution in [-0.4, -0.2) is 16.0 Å². The van der Waals surface area contributed by atoms with Crippen molar-refractivity contribution in [3.8, 4) is 0 Å². The first-order valence-corrected chi connectivity index (χ1v) is 5.65. The summed E-state index contributed by atoms with van der Waals surface area (Å²) in [6, 6.07) is 2.46. The molecule has 0 fully saturated rings. The highest BCUT2D eigenvalue weighted by atomic mass is 15.0. The molecule has 3 heteroatoms. The van der Waals surface area contributed by atoms with Crippen LogP contribution in [0.4, 0.5) is 5.82 Å². The molecule has 1 N–H and O–H groups in total. The number of hydrogen-bond acceptors (Lipinski definition) is 3. The molecule has 84 valence electrons. The van der Waals surface area contributed by atoms with E-state index in [0.717, 1.165) is 23.8 Å². The molecule has 0 aliphatic carbocycles. The van der Waals surface area contributed by atoms with Crippen LogP contribution >= 0.6 is 0 Å². The maximum Gasteiger partial charge on any atom is 0.133 e. The van der Waals surface area contributed by atoms with E-state index < -0.39 is 0 Å². The average molecular weight is 207 g/mol. The zero-order valence-corrected chi connectivity index (χ0v) is 10.3. The molecule has 1 rings (SSSR count). The van der Waals surface area contributed by atoms with Gasteiger partial charge in [0.15, 0.2) is 0 Å². The molecule has 0 saturated carbocycles. The monoisotopic (exact) mass is 207 g/mol. The Morgan fingerprint density at radius 1 is 1.27 bits per heavy atom. The van der Waals surface area contributed by atoms with E-state index in [1.54, 1.807) is 0 Å². The van der Waals surface area contributed by atoms with Crippen LogP contribution < -0.4 is 5.32 Å². The molecule has 0 aromatic carbocycles. The number of nitrogens with zero attached hydrogens (tertiary/aromatic N) is 2. The van der Waals surface area contributed by atoms with E-state index in [-0.39, 0.29) is 0 Å². The Morgan fingerprint density at radius 2 is 1.93 bits per heavy atom. The van der Waals surface area contributed by atoms with Crippen LogP contribution in [0.25, 0.3) is 0 Å². The van der Waals surface area contributed by atoms with Gasteiger partial charge in [-0.15, -0.1) is 0 Å². The van der Waals surface area contributed by atoms with Gasteiger partial charge in [-0.2, -0.15) is 0 Å². The molecule has 1 atom stereocenters. The number of rotatable bonds is 4. The van der Waals surface area contributed by atoms with Crippen molar-refractivity contribution in [2.24, 2.45) is 0 Å². The van der Waals surface area contributed by atoms with Gasteiger partial charge in [-0.1, -0.05) is 20.8 Å². The molecule has 0 aliphatic heterocycles. The van der Waals surface area contributed by atoms with Crippen molar-refractivity contribution in [3.63, 3.8) is 0 Å². The smallest absolute Gasteiger partial charge is 0.133 e. The number of anilines is 1. The van der Waals surface area contributed by atoms with Crippen LogP contribution in [0.1, 0.15) is 51.6 Å². The van der Waals surface area contributed by atoms with Crippen molar-refractivity contribution in [2.75, 3.05) is 5.32 Å². The van der Waals surface area contributed by atoms with Crippen LogP contribution in [-0.2, 0) is 0 Å². The Morgan fingerprint density at radius 3 is 2.47 bits per heavy atom. The molecule has 1 heterocycles. The molecule has 1 aromatic rings. The van der Waals surface area contributed by atoms with Crippen molar-refractivity contribution in [3.05, 3.63) is 17.6 Å². The Balaban J connectivity index is 2.88. The van der Waals surface area contributed by atoms with E-state index >= 15 is 0 Å². The van der Waals surface area contributed by atoms with E-state index in [9.17, 15) is 0 Å². The minimum atomic E-state index is 0.377. The van der Waals surface area contributed by atoms with Gasteiger partial charge in [-0.3, -0.25) is 0 Å². The summed E-state index contributed by atoms with van der Waals surface area (Å²) in [5, 5.41) is 3.38. The maximum absolute atomic E-state index is 4.50. The fourth-order valence-electron chi connectivity index (χ4n) is 1.28. The van der Waals surface area contributed by atoms with Gasteiger partial charge >= 0.3 is 0 Å². The Hall–Kier alpha value is -1.12. The summed E-state index contributed by atoms with van der Waals surface area (Å²) in [6.45, 7) is 10.6. The highest BCUT2D eigenvalue weighted by Crippen LogP contribution is 2.14. The third-order valence-electron chi connectivity index (χ3n) is 2.39. The van der Waals surface area contributed by atoms with Gasteiger partial charge in [-0.05, 0) is 20.3 Å². The van der Waals surface area contributed by atoms with Crippen molar-refractivity contribution in [1.82, 2.24) is 9.97 Å².